The van der Waals surface area contributed by atoms with Crippen LogP contribution in [0.15, 0.2) is 16.9 Å². The van der Waals surface area contributed by atoms with Gasteiger partial charge in [0.2, 0.25) is 5.95 Å². The summed E-state index contributed by atoms with van der Waals surface area (Å²) in [7, 11) is 1.58. The van der Waals surface area contributed by atoms with Crippen molar-refractivity contribution in [2.45, 2.75) is 25.9 Å². The molecule has 162 valence electrons. The molecular formula is C19H20Cl2N8O2. The van der Waals surface area contributed by atoms with E-state index < -0.39 is 6.04 Å². The van der Waals surface area contributed by atoms with E-state index in [1.165, 1.54) is 4.57 Å². The fourth-order valence-electron chi connectivity index (χ4n) is 3.16. The van der Waals surface area contributed by atoms with E-state index in [0.717, 1.165) is 0 Å². The first kappa shape index (κ1) is 22.6. The molecule has 2 aromatic heterocycles. The standard InChI is InChI=1S/C19H20Cl2N8O2/c1-9(25-16-10(8-22)15(23)27-19(24)28-16)17-26-14-12(21)5-4-11(20)13(14)18(30)29(17)6-3-7-31-2/h4-5,9H,3,6-7H2,1-2H3,(H5,23,24,25,27,28)/t9-/m0/s1. The number of halogens is 2. The van der Waals surface area contributed by atoms with Gasteiger partial charge in [-0.15, -0.1) is 0 Å². The maximum absolute atomic E-state index is 13.3. The van der Waals surface area contributed by atoms with E-state index in [-0.39, 0.29) is 44.6 Å². The van der Waals surface area contributed by atoms with Crippen molar-refractivity contribution >= 4 is 51.7 Å². The molecule has 0 aliphatic rings. The van der Waals surface area contributed by atoms with E-state index in [9.17, 15) is 10.1 Å². The average Bonchev–Trinajstić information content (AvgIpc) is 2.71. The molecule has 0 amide bonds. The molecular weight excluding hydrogens is 443 g/mol. The van der Waals surface area contributed by atoms with Gasteiger partial charge in [0, 0.05) is 20.3 Å². The number of ether oxygens (including phenoxy) is 1. The lowest BCUT2D eigenvalue weighted by atomic mass is 10.2. The second kappa shape index (κ2) is 9.34. The normalized spacial score (nSPS) is 12.0. The quantitative estimate of drug-likeness (QED) is 0.448. The molecule has 0 bridgehead atoms. The van der Waals surface area contributed by atoms with Crippen molar-refractivity contribution in [3.8, 4) is 6.07 Å². The summed E-state index contributed by atoms with van der Waals surface area (Å²) in [6.07, 6.45) is 0.568. The van der Waals surface area contributed by atoms with Gasteiger partial charge in [-0.05, 0) is 25.5 Å². The molecule has 2 heterocycles. The van der Waals surface area contributed by atoms with Crippen LogP contribution in [0, 0.1) is 11.3 Å². The van der Waals surface area contributed by atoms with Gasteiger partial charge in [0.25, 0.3) is 5.56 Å². The Bertz CT molecular complexity index is 1240. The number of hydrogen-bond donors (Lipinski definition) is 3. The molecule has 0 unspecified atom stereocenters. The zero-order valence-electron chi connectivity index (χ0n) is 16.8. The van der Waals surface area contributed by atoms with Crippen LogP contribution < -0.4 is 22.3 Å². The van der Waals surface area contributed by atoms with Crippen molar-refractivity contribution in [1.29, 1.82) is 5.26 Å². The summed E-state index contributed by atoms with van der Waals surface area (Å²) in [6.45, 7) is 2.54. The minimum Gasteiger partial charge on any atom is -0.385 e. The number of aromatic nitrogens is 4. The molecule has 1 aromatic carbocycles. The highest BCUT2D eigenvalue weighted by Gasteiger charge is 2.21. The number of nitrogen functional groups attached to an aromatic ring is 2. The Hall–Kier alpha value is -3.13. The number of methoxy groups -OCH3 is 1. The fourth-order valence-corrected chi connectivity index (χ4v) is 3.59. The number of rotatable bonds is 7. The SMILES string of the molecule is COCCCn1c([C@H](C)Nc2nc(N)nc(N)c2C#N)nc2c(Cl)ccc(Cl)c2c1=O. The first-order valence-corrected chi connectivity index (χ1v) is 10.0. The van der Waals surface area contributed by atoms with E-state index >= 15 is 0 Å². The van der Waals surface area contributed by atoms with Gasteiger partial charge in [-0.2, -0.15) is 15.2 Å². The second-order valence-corrected chi connectivity index (χ2v) is 7.51. The maximum Gasteiger partial charge on any atom is 0.263 e. The third-order valence-electron chi connectivity index (χ3n) is 4.58. The van der Waals surface area contributed by atoms with Crippen molar-refractivity contribution in [2.24, 2.45) is 0 Å². The number of nitrogens with one attached hydrogen (secondary N) is 1. The highest BCUT2D eigenvalue weighted by Crippen LogP contribution is 2.29. The Balaban J connectivity index is 2.16. The van der Waals surface area contributed by atoms with Crippen molar-refractivity contribution in [3.63, 3.8) is 0 Å². The van der Waals surface area contributed by atoms with Crippen LogP contribution in [0.25, 0.3) is 10.9 Å². The maximum atomic E-state index is 13.3. The minimum atomic E-state index is -0.574. The number of benzene rings is 1. The predicted octanol–water partition coefficient (Wildman–Crippen LogP) is 2.74. The molecule has 0 fully saturated rings. The molecule has 3 rings (SSSR count). The van der Waals surface area contributed by atoms with Crippen molar-refractivity contribution in [1.82, 2.24) is 19.5 Å². The predicted molar refractivity (Wildman–Crippen MR) is 120 cm³/mol. The molecule has 0 spiro atoms. The van der Waals surface area contributed by atoms with E-state index in [1.54, 1.807) is 26.2 Å². The molecule has 10 nitrogen and oxygen atoms in total. The zero-order valence-corrected chi connectivity index (χ0v) is 18.3. The lowest BCUT2D eigenvalue weighted by Crippen LogP contribution is -2.29. The van der Waals surface area contributed by atoms with Gasteiger partial charge in [0.05, 0.1) is 27.0 Å². The third-order valence-corrected chi connectivity index (χ3v) is 5.20. The molecule has 1 atom stereocenters. The molecule has 0 saturated carbocycles. The van der Waals surface area contributed by atoms with Gasteiger partial charge >= 0.3 is 0 Å². The third kappa shape index (κ3) is 4.49. The topological polar surface area (TPSA) is 158 Å². The van der Waals surface area contributed by atoms with Gasteiger partial charge < -0.3 is 21.5 Å². The van der Waals surface area contributed by atoms with Crippen LogP contribution in [-0.2, 0) is 11.3 Å². The number of hydrogen-bond acceptors (Lipinski definition) is 9. The number of nitrogens with two attached hydrogens (primary N) is 2. The number of anilines is 3. The first-order chi connectivity index (χ1) is 14.8. The van der Waals surface area contributed by atoms with E-state index in [2.05, 4.69) is 20.3 Å². The van der Waals surface area contributed by atoms with E-state index in [1.807, 2.05) is 6.07 Å². The first-order valence-electron chi connectivity index (χ1n) is 9.25. The largest absolute Gasteiger partial charge is 0.385 e. The average molecular weight is 463 g/mol. The Morgan fingerprint density at radius 3 is 2.65 bits per heavy atom. The summed E-state index contributed by atoms with van der Waals surface area (Å²) < 4.78 is 6.61. The van der Waals surface area contributed by atoms with Crippen LogP contribution in [0.3, 0.4) is 0 Å². The van der Waals surface area contributed by atoms with Crippen molar-refractivity contribution in [3.05, 3.63) is 43.9 Å². The van der Waals surface area contributed by atoms with Crippen LogP contribution in [0.4, 0.5) is 17.6 Å². The monoisotopic (exact) mass is 462 g/mol. The highest BCUT2D eigenvalue weighted by molar-refractivity contribution is 6.39. The molecule has 3 aromatic rings. The Kier molecular flexibility index (Phi) is 6.80. The molecule has 0 aliphatic carbocycles. The van der Waals surface area contributed by atoms with Gasteiger partial charge in [0.1, 0.15) is 23.3 Å². The summed E-state index contributed by atoms with van der Waals surface area (Å²) in [5, 5.41) is 13.3. The van der Waals surface area contributed by atoms with Gasteiger partial charge in [-0.3, -0.25) is 9.36 Å². The molecule has 5 N–H and O–H groups in total. The summed E-state index contributed by atoms with van der Waals surface area (Å²) in [4.78, 5) is 25.8. The van der Waals surface area contributed by atoms with Crippen molar-refractivity contribution in [2.75, 3.05) is 30.5 Å². The van der Waals surface area contributed by atoms with Crippen LogP contribution in [0.2, 0.25) is 10.0 Å². The van der Waals surface area contributed by atoms with Crippen molar-refractivity contribution < 1.29 is 4.74 Å². The smallest absolute Gasteiger partial charge is 0.263 e. The zero-order chi connectivity index (χ0) is 22.7. The minimum absolute atomic E-state index is 0.0381. The lowest BCUT2D eigenvalue weighted by molar-refractivity contribution is 0.189. The number of nitrogens with zero attached hydrogens (tertiary/aromatic N) is 5. The molecule has 12 heteroatoms. The van der Waals surface area contributed by atoms with E-state index in [0.29, 0.717) is 30.4 Å². The summed E-state index contributed by atoms with van der Waals surface area (Å²) in [5.74, 6) is 0.362. The highest BCUT2D eigenvalue weighted by atomic mass is 35.5. The van der Waals surface area contributed by atoms with Crippen LogP contribution in [0.5, 0.6) is 0 Å². The van der Waals surface area contributed by atoms with Crippen LogP contribution in [0.1, 0.15) is 30.8 Å². The van der Waals surface area contributed by atoms with E-state index in [4.69, 9.17) is 39.4 Å². The van der Waals surface area contributed by atoms with Crippen LogP contribution in [-0.4, -0.2) is 33.2 Å². The van der Waals surface area contributed by atoms with Gasteiger partial charge in [-0.25, -0.2) is 4.98 Å². The molecule has 0 saturated heterocycles. The molecule has 31 heavy (non-hydrogen) atoms. The summed E-state index contributed by atoms with van der Waals surface area (Å²) >= 11 is 12.6. The van der Waals surface area contributed by atoms with Gasteiger partial charge in [0.15, 0.2) is 5.82 Å². The lowest BCUT2D eigenvalue weighted by Gasteiger charge is -2.21. The Morgan fingerprint density at radius 1 is 1.26 bits per heavy atom. The summed E-state index contributed by atoms with van der Waals surface area (Å²) in [5.41, 5.74) is 11.4. The summed E-state index contributed by atoms with van der Waals surface area (Å²) in [6, 6.07) is 4.51. The number of fused-ring (bicyclic) bond motifs is 1. The van der Waals surface area contributed by atoms with Gasteiger partial charge in [-0.1, -0.05) is 23.2 Å². The fraction of sp³-hybridized carbons (Fsp3) is 0.316. The Labute approximate surface area is 187 Å². The van der Waals surface area contributed by atoms with Crippen LogP contribution >= 0.6 is 23.2 Å². The number of nitriles is 1. The molecule has 0 radical (unpaired) electrons. The molecule has 0 aliphatic heterocycles. The Morgan fingerprint density at radius 2 is 1.97 bits per heavy atom. The second-order valence-electron chi connectivity index (χ2n) is 6.69.